The summed E-state index contributed by atoms with van der Waals surface area (Å²) in [7, 11) is 1.54. The predicted octanol–water partition coefficient (Wildman–Crippen LogP) is 3.78. The molecule has 29 heavy (non-hydrogen) atoms. The number of aliphatic hydroxyl groups is 1. The van der Waals surface area contributed by atoms with Crippen molar-refractivity contribution in [1.29, 1.82) is 0 Å². The van der Waals surface area contributed by atoms with Gasteiger partial charge in [-0.3, -0.25) is 9.38 Å². The SMILES string of the molecule is COc1cccc(F)c1CCc1ccc(-c2ccc(C(C)O)nc2)c2nncn12. The number of pyridine rings is 2. The lowest BCUT2D eigenvalue weighted by molar-refractivity contribution is 0.194. The Morgan fingerprint density at radius 3 is 2.72 bits per heavy atom. The van der Waals surface area contributed by atoms with Gasteiger partial charge in [0.05, 0.1) is 18.9 Å². The number of hydrogen-bond donors (Lipinski definition) is 1. The molecule has 1 unspecified atom stereocenters. The topological polar surface area (TPSA) is 72.5 Å². The highest BCUT2D eigenvalue weighted by atomic mass is 19.1. The lowest BCUT2D eigenvalue weighted by Crippen LogP contribution is -2.03. The molecule has 4 aromatic rings. The molecule has 3 heterocycles. The Balaban J connectivity index is 1.65. The monoisotopic (exact) mass is 392 g/mol. The summed E-state index contributed by atoms with van der Waals surface area (Å²) >= 11 is 0. The number of halogens is 1. The number of aromatic nitrogens is 4. The highest BCUT2D eigenvalue weighted by Crippen LogP contribution is 2.27. The number of aryl methyl sites for hydroxylation is 1. The third-order valence-corrected chi connectivity index (χ3v) is 4.99. The molecule has 0 amide bonds. The van der Waals surface area contributed by atoms with Gasteiger partial charge in [0.1, 0.15) is 17.9 Å². The average molecular weight is 392 g/mol. The van der Waals surface area contributed by atoms with Crippen LogP contribution in [0.2, 0.25) is 0 Å². The summed E-state index contributed by atoms with van der Waals surface area (Å²) in [5, 5.41) is 18.0. The fourth-order valence-electron chi connectivity index (χ4n) is 3.43. The maximum atomic E-state index is 14.2. The second-order valence-electron chi connectivity index (χ2n) is 6.83. The first-order chi connectivity index (χ1) is 14.1. The molecule has 4 rings (SSSR count). The molecule has 1 N–H and O–H groups in total. The Hall–Kier alpha value is -3.32. The highest BCUT2D eigenvalue weighted by Gasteiger charge is 2.14. The lowest BCUT2D eigenvalue weighted by Gasteiger charge is -2.12. The number of rotatable bonds is 6. The maximum Gasteiger partial charge on any atom is 0.168 e. The van der Waals surface area contributed by atoms with Crippen LogP contribution < -0.4 is 4.74 Å². The molecule has 0 fully saturated rings. The number of methoxy groups -OCH3 is 1. The molecule has 0 spiro atoms. The first kappa shape index (κ1) is 19.0. The maximum absolute atomic E-state index is 14.2. The second-order valence-corrected chi connectivity index (χ2v) is 6.83. The predicted molar refractivity (Wildman–Crippen MR) is 107 cm³/mol. The summed E-state index contributed by atoms with van der Waals surface area (Å²) < 4.78 is 21.4. The average Bonchev–Trinajstić information content (AvgIpc) is 3.23. The molecule has 7 heteroatoms. The van der Waals surface area contributed by atoms with Crippen LogP contribution in [-0.2, 0) is 12.8 Å². The fraction of sp³-hybridized carbons (Fsp3) is 0.227. The van der Waals surface area contributed by atoms with E-state index >= 15 is 0 Å². The zero-order chi connectivity index (χ0) is 20.4. The van der Waals surface area contributed by atoms with E-state index < -0.39 is 6.10 Å². The molecular formula is C22H21FN4O2. The van der Waals surface area contributed by atoms with Gasteiger partial charge >= 0.3 is 0 Å². The van der Waals surface area contributed by atoms with Gasteiger partial charge in [0, 0.05) is 28.6 Å². The summed E-state index contributed by atoms with van der Waals surface area (Å²) in [6.07, 6.45) is 3.86. The summed E-state index contributed by atoms with van der Waals surface area (Å²) in [6.45, 7) is 1.68. The van der Waals surface area contributed by atoms with Gasteiger partial charge in [-0.15, -0.1) is 10.2 Å². The first-order valence-electron chi connectivity index (χ1n) is 9.36. The molecule has 0 radical (unpaired) electrons. The van der Waals surface area contributed by atoms with Gasteiger partial charge in [-0.25, -0.2) is 4.39 Å². The van der Waals surface area contributed by atoms with E-state index in [0.29, 0.717) is 35.5 Å². The lowest BCUT2D eigenvalue weighted by atomic mass is 10.0. The Kier molecular flexibility index (Phi) is 5.22. The van der Waals surface area contributed by atoms with Crippen molar-refractivity contribution >= 4 is 5.65 Å². The number of nitrogens with zero attached hydrogens (tertiary/aromatic N) is 4. The summed E-state index contributed by atoms with van der Waals surface area (Å²) in [5.74, 6) is 0.274. The third kappa shape index (κ3) is 3.69. The van der Waals surface area contributed by atoms with Crippen molar-refractivity contribution in [1.82, 2.24) is 19.6 Å². The summed E-state index contributed by atoms with van der Waals surface area (Å²) in [5.41, 5.74) is 4.61. The number of ether oxygens (including phenoxy) is 1. The standard InChI is InChI=1S/C22H21FN4O2/c1-14(28)20-11-6-15(12-24-20)17-9-7-16(27-13-25-26-22(17)27)8-10-18-19(23)4-3-5-21(18)29-2/h3-7,9,11-14,28H,8,10H2,1-2H3. The molecule has 0 bridgehead atoms. The highest BCUT2D eigenvalue weighted by molar-refractivity contribution is 5.77. The van der Waals surface area contributed by atoms with Crippen molar-refractivity contribution in [3.8, 4) is 16.9 Å². The Labute approximate surface area is 167 Å². The minimum absolute atomic E-state index is 0.273. The van der Waals surface area contributed by atoms with Crippen molar-refractivity contribution in [3.63, 3.8) is 0 Å². The van der Waals surface area contributed by atoms with Gasteiger partial charge in [0.2, 0.25) is 0 Å². The smallest absolute Gasteiger partial charge is 0.168 e. The van der Waals surface area contributed by atoms with E-state index in [1.165, 1.54) is 6.07 Å². The van der Waals surface area contributed by atoms with Crippen molar-refractivity contribution in [2.45, 2.75) is 25.9 Å². The molecule has 6 nitrogen and oxygen atoms in total. The zero-order valence-electron chi connectivity index (χ0n) is 16.2. The van der Waals surface area contributed by atoms with Crippen molar-refractivity contribution < 1.29 is 14.2 Å². The van der Waals surface area contributed by atoms with E-state index in [9.17, 15) is 9.50 Å². The van der Waals surface area contributed by atoms with Crippen LogP contribution in [0, 0.1) is 5.82 Å². The van der Waals surface area contributed by atoms with Crippen molar-refractivity contribution in [3.05, 3.63) is 77.8 Å². The summed E-state index contributed by atoms with van der Waals surface area (Å²) in [6, 6.07) is 12.5. The van der Waals surface area contributed by atoms with Crippen LogP contribution in [0.3, 0.4) is 0 Å². The Bertz CT molecular complexity index is 1140. The number of benzene rings is 1. The minimum Gasteiger partial charge on any atom is -0.496 e. The van der Waals surface area contributed by atoms with Crippen LogP contribution in [0.25, 0.3) is 16.8 Å². The van der Waals surface area contributed by atoms with E-state index in [1.54, 1.807) is 44.8 Å². The second kappa shape index (κ2) is 7.97. The van der Waals surface area contributed by atoms with Gasteiger partial charge in [-0.1, -0.05) is 12.1 Å². The van der Waals surface area contributed by atoms with Gasteiger partial charge in [-0.2, -0.15) is 0 Å². The van der Waals surface area contributed by atoms with E-state index in [4.69, 9.17) is 4.74 Å². The Morgan fingerprint density at radius 1 is 1.14 bits per heavy atom. The van der Waals surface area contributed by atoms with Crippen molar-refractivity contribution in [2.24, 2.45) is 0 Å². The first-order valence-corrected chi connectivity index (χ1v) is 9.36. The normalized spacial score (nSPS) is 12.3. The van der Waals surface area contributed by atoms with E-state index in [-0.39, 0.29) is 5.82 Å². The van der Waals surface area contributed by atoms with E-state index in [1.807, 2.05) is 22.6 Å². The molecule has 0 aliphatic carbocycles. The van der Waals surface area contributed by atoms with Gasteiger partial charge < -0.3 is 9.84 Å². The van der Waals surface area contributed by atoms with Crippen LogP contribution in [0.15, 0.2) is 55.0 Å². The van der Waals surface area contributed by atoms with Crippen LogP contribution in [0.1, 0.15) is 30.0 Å². The van der Waals surface area contributed by atoms with Gasteiger partial charge in [0.25, 0.3) is 0 Å². The fourth-order valence-corrected chi connectivity index (χ4v) is 3.43. The van der Waals surface area contributed by atoms with E-state index in [2.05, 4.69) is 15.2 Å². The molecule has 1 aromatic carbocycles. The van der Waals surface area contributed by atoms with E-state index in [0.717, 1.165) is 16.8 Å². The van der Waals surface area contributed by atoms with Crippen molar-refractivity contribution in [2.75, 3.05) is 7.11 Å². The minimum atomic E-state index is -0.616. The number of aliphatic hydroxyl groups excluding tert-OH is 1. The van der Waals surface area contributed by atoms with Gasteiger partial charge in [-0.05, 0) is 50.1 Å². The quantitative estimate of drug-likeness (QED) is 0.541. The molecule has 3 aromatic heterocycles. The zero-order valence-corrected chi connectivity index (χ0v) is 16.2. The molecular weight excluding hydrogens is 371 g/mol. The molecule has 0 aliphatic rings. The molecule has 1 atom stereocenters. The van der Waals surface area contributed by atoms with Crippen LogP contribution >= 0.6 is 0 Å². The molecule has 0 saturated carbocycles. The van der Waals surface area contributed by atoms with Gasteiger partial charge in [0.15, 0.2) is 5.65 Å². The third-order valence-electron chi connectivity index (χ3n) is 4.99. The number of hydrogen-bond acceptors (Lipinski definition) is 5. The van der Waals surface area contributed by atoms with Crippen LogP contribution in [0.4, 0.5) is 4.39 Å². The largest absolute Gasteiger partial charge is 0.496 e. The Morgan fingerprint density at radius 2 is 2.00 bits per heavy atom. The van der Waals surface area contributed by atoms with Crippen LogP contribution in [-0.4, -0.2) is 31.8 Å². The van der Waals surface area contributed by atoms with Crippen LogP contribution in [0.5, 0.6) is 5.75 Å². The number of fused-ring (bicyclic) bond motifs is 1. The molecule has 0 saturated heterocycles. The molecule has 148 valence electrons. The molecule has 0 aliphatic heterocycles. The summed E-state index contributed by atoms with van der Waals surface area (Å²) in [4.78, 5) is 4.31.